The number of ether oxygens (including phenoxy) is 1. The number of nitrogens with zero attached hydrogens (tertiary/aromatic N) is 2. The number of methoxy groups -OCH3 is 1. The molecular weight excluding hydrogens is 478 g/mol. The van der Waals surface area contributed by atoms with Crippen molar-refractivity contribution in [2.75, 3.05) is 31.3 Å². The highest BCUT2D eigenvalue weighted by Crippen LogP contribution is 2.30. The lowest BCUT2D eigenvalue weighted by atomic mass is 10.1. The van der Waals surface area contributed by atoms with Crippen LogP contribution in [0.25, 0.3) is 0 Å². The summed E-state index contributed by atoms with van der Waals surface area (Å²) in [6.07, 6.45) is 1.44. The summed E-state index contributed by atoms with van der Waals surface area (Å²) < 4.78 is 31.2. The third-order valence-corrected chi connectivity index (χ3v) is 6.91. The van der Waals surface area contributed by atoms with E-state index in [2.05, 4.69) is 5.32 Å². The summed E-state index contributed by atoms with van der Waals surface area (Å²) in [5, 5.41) is 2.87. The third-order valence-electron chi connectivity index (χ3n) is 5.42. The lowest BCUT2D eigenvalue weighted by molar-refractivity contribution is -0.140. The van der Waals surface area contributed by atoms with Crippen LogP contribution in [0.1, 0.15) is 30.9 Å². The molecule has 8 nitrogen and oxygen atoms in total. The molecule has 0 saturated carbocycles. The van der Waals surface area contributed by atoms with E-state index < -0.39 is 16.1 Å². The van der Waals surface area contributed by atoms with Gasteiger partial charge in [-0.05, 0) is 44.0 Å². The predicted octanol–water partition coefficient (Wildman–Crippen LogP) is 3.37. The van der Waals surface area contributed by atoms with Crippen molar-refractivity contribution in [3.8, 4) is 5.75 Å². The van der Waals surface area contributed by atoms with Crippen molar-refractivity contribution in [1.82, 2.24) is 10.2 Å². The highest BCUT2D eigenvalue weighted by atomic mass is 35.5. The van der Waals surface area contributed by atoms with Gasteiger partial charge >= 0.3 is 0 Å². The molecule has 2 rings (SSSR count). The molecule has 2 aromatic rings. The molecular formula is C24H32ClN3O5S. The maximum absolute atomic E-state index is 13.1. The third kappa shape index (κ3) is 7.36. The zero-order valence-electron chi connectivity index (χ0n) is 20.2. The molecule has 34 heavy (non-hydrogen) atoms. The quantitative estimate of drug-likeness (QED) is 0.501. The summed E-state index contributed by atoms with van der Waals surface area (Å²) in [5.74, 6) is -0.0746. The van der Waals surface area contributed by atoms with E-state index in [0.717, 1.165) is 17.4 Å². The molecule has 10 heteroatoms. The number of sulfonamides is 1. The van der Waals surface area contributed by atoms with Crippen LogP contribution >= 0.6 is 11.6 Å². The summed E-state index contributed by atoms with van der Waals surface area (Å²) in [6, 6.07) is 11.8. The monoisotopic (exact) mass is 509 g/mol. The predicted molar refractivity (Wildman–Crippen MR) is 135 cm³/mol. The Morgan fingerprint density at radius 3 is 2.44 bits per heavy atom. The van der Waals surface area contributed by atoms with Crippen LogP contribution in [0.2, 0.25) is 5.02 Å². The number of anilines is 1. The van der Waals surface area contributed by atoms with E-state index in [1.807, 2.05) is 31.2 Å². The molecule has 0 heterocycles. The number of nitrogens with one attached hydrogen (secondary N) is 1. The van der Waals surface area contributed by atoms with Crippen molar-refractivity contribution in [2.24, 2.45) is 0 Å². The number of aryl methyl sites for hydroxylation is 1. The number of carbonyl (C=O) groups excluding carboxylic acids is 2. The molecule has 0 aliphatic heterocycles. The van der Waals surface area contributed by atoms with Gasteiger partial charge in [-0.2, -0.15) is 0 Å². The molecule has 0 bridgehead atoms. The molecule has 0 saturated heterocycles. The second-order valence-corrected chi connectivity index (χ2v) is 10.4. The van der Waals surface area contributed by atoms with Gasteiger partial charge in [-0.25, -0.2) is 8.42 Å². The summed E-state index contributed by atoms with van der Waals surface area (Å²) in [7, 11) is -0.613. The van der Waals surface area contributed by atoms with Crippen LogP contribution in [-0.4, -0.2) is 58.1 Å². The fourth-order valence-corrected chi connectivity index (χ4v) is 4.82. The van der Waals surface area contributed by atoms with Gasteiger partial charge in [0.15, 0.2) is 0 Å². The standard InChI is InChI=1S/C24H32ClN3O5S/c1-17-8-6-9-19(14-17)16-27(18(2)24(30)26-3)23(29)10-7-13-28(34(5,31)32)20-11-12-22(33-4)21(25)15-20/h6,8-9,11-12,14-15,18H,7,10,13,16H2,1-5H3,(H,26,30)/t18-/m0/s1. The SMILES string of the molecule is CNC(=O)[C@H](C)N(Cc1cccc(C)c1)C(=O)CCCN(c1ccc(OC)c(Cl)c1)S(C)(=O)=O. The van der Waals surface area contributed by atoms with Gasteiger partial charge < -0.3 is 15.0 Å². The molecule has 0 aliphatic carbocycles. The zero-order chi connectivity index (χ0) is 25.5. The van der Waals surface area contributed by atoms with Crippen LogP contribution in [0.15, 0.2) is 42.5 Å². The van der Waals surface area contributed by atoms with E-state index in [1.165, 1.54) is 29.4 Å². The van der Waals surface area contributed by atoms with Crippen LogP contribution in [0.4, 0.5) is 5.69 Å². The Kier molecular flexibility index (Phi) is 9.76. The average Bonchev–Trinajstić information content (AvgIpc) is 2.78. The van der Waals surface area contributed by atoms with Crippen molar-refractivity contribution in [3.63, 3.8) is 0 Å². The summed E-state index contributed by atoms with van der Waals surface area (Å²) >= 11 is 6.17. The topological polar surface area (TPSA) is 96.0 Å². The van der Waals surface area contributed by atoms with Gasteiger partial charge in [0.05, 0.1) is 24.1 Å². The summed E-state index contributed by atoms with van der Waals surface area (Å²) in [4.78, 5) is 26.9. The van der Waals surface area contributed by atoms with E-state index in [1.54, 1.807) is 19.1 Å². The normalized spacial score (nSPS) is 12.1. The van der Waals surface area contributed by atoms with E-state index >= 15 is 0 Å². The number of hydrogen-bond donors (Lipinski definition) is 1. The zero-order valence-corrected chi connectivity index (χ0v) is 21.7. The van der Waals surface area contributed by atoms with Gasteiger partial charge in [-0.3, -0.25) is 13.9 Å². The lowest BCUT2D eigenvalue weighted by Gasteiger charge is -2.29. The first-order chi connectivity index (χ1) is 16.0. The Balaban J connectivity index is 2.17. The molecule has 0 fully saturated rings. The first-order valence-corrected chi connectivity index (χ1v) is 13.1. The Labute approximate surface area is 206 Å². The molecule has 2 aromatic carbocycles. The van der Waals surface area contributed by atoms with Crippen molar-refractivity contribution in [3.05, 3.63) is 58.6 Å². The van der Waals surface area contributed by atoms with Gasteiger partial charge in [-0.1, -0.05) is 41.4 Å². The van der Waals surface area contributed by atoms with Crippen molar-refractivity contribution < 1.29 is 22.7 Å². The van der Waals surface area contributed by atoms with Crippen LogP contribution in [-0.2, 0) is 26.2 Å². The molecule has 0 aromatic heterocycles. The molecule has 186 valence electrons. The molecule has 0 unspecified atom stereocenters. The maximum atomic E-state index is 13.1. The van der Waals surface area contributed by atoms with Crippen LogP contribution < -0.4 is 14.4 Å². The minimum absolute atomic E-state index is 0.0725. The second kappa shape index (κ2) is 12.1. The number of rotatable bonds is 11. The first-order valence-electron chi connectivity index (χ1n) is 10.9. The Bertz CT molecular complexity index is 1120. The smallest absolute Gasteiger partial charge is 0.242 e. The largest absolute Gasteiger partial charge is 0.495 e. The number of carbonyl (C=O) groups is 2. The van der Waals surface area contributed by atoms with Gasteiger partial charge in [-0.15, -0.1) is 0 Å². The Morgan fingerprint density at radius 1 is 1.18 bits per heavy atom. The summed E-state index contributed by atoms with van der Waals surface area (Å²) in [5.41, 5.74) is 2.35. The van der Waals surface area contributed by atoms with E-state index in [9.17, 15) is 18.0 Å². The van der Waals surface area contributed by atoms with Crippen molar-refractivity contribution in [1.29, 1.82) is 0 Å². The number of likely N-dealkylation sites (N-methyl/N-ethyl adjacent to an activating group) is 1. The van der Waals surface area contributed by atoms with Gasteiger partial charge in [0.25, 0.3) is 0 Å². The molecule has 1 N–H and O–H groups in total. The van der Waals surface area contributed by atoms with Crippen LogP contribution in [0.5, 0.6) is 5.75 Å². The van der Waals surface area contributed by atoms with E-state index in [4.69, 9.17) is 16.3 Å². The Morgan fingerprint density at radius 2 is 1.88 bits per heavy atom. The fraction of sp³-hybridized carbons (Fsp3) is 0.417. The maximum Gasteiger partial charge on any atom is 0.242 e. The van der Waals surface area contributed by atoms with Gasteiger partial charge in [0.2, 0.25) is 21.8 Å². The number of amides is 2. The number of hydrogen-bond acceptors (Lipinski definition) is 5. The Hall–Kier alpha value is -2.78. The van der Waals surface area contributed by atoms with Crippen LogP contribution in [0.3, 0.4) is 0 Å². The highest BCUT2D eigenvalue weighted by molar-refractivity contribution is 7.92. The molecule has 0 radical (unpaired) electrons. The lowest BCUT2D eigenvalue weighted by Crippen LogP contribution is -2.46. The highest BCUT2D eigenvalue weighted by Gasteiger charge is 2.26. The minimum Gasteiger partial charge on any atom is -0.495 e. The second-order valence-electron chi connectivity index (χ2n) is 8.06. The first kappa shape index (κ1) is 27.5. The number of benzene rings is 2. The van der Waals surface area contributed by atoms with Gasteiger partial charge in [0.1, 0.15) is 11.8 Å². The molecule has 0 aliphatic rings. The molecule has 0 spiro atoms. The molecule has 2 amide bonds. The van der Waals surface area contributed by atoms with E-state index in [0.29, 0.717) is 11.4 Å². The van der Waals surface area contributed by atoms with Gasteiger partial charge in [0, 0.05) is 26.6 Å². The van der Waals surface area contributed by atoms with Crippen molar-refractivity contribution >= 4 is 39.1 Å². The van der Waals surface area contributed by atoms with Crippen LogP contribution in [0, 0.1) is 6.92 Å². The minimum atomic E-state index is -3.61. The number of halogens is 1. The fourth-order valence-electron chi connectivity index (χ4n) is 3.61. The molecule has 1 atom stereocenters. The van der Waals surface area contributed by atoms with Crippen molar-refractivity contribution in [2.45, 2.75) is 39.3 Å². The summed E-state index contributed by atoms with van der Waals surface area (Å²) in [6.45, 7) is 4.00. The van der Waals surface area contributed by atoms with E-state index in [-0.39, 0.29) is 42.8 Å². The average molecular weight is 510 g/mol.